The van der Waals surface area contributed by atoms with Crippen LogP contribution >= 0.6 is 12.2 Å². The highest BCUT2D eigenvalue weighted by molar-refractivity contribution is 7.80. The Kier molecular flexibility index (Phi) is 7.65. The summed E-state index contributed by atoms with van der Waals surface area (Å²) in [7, 11) is 1.39. The fourth-order valence-electron chi connectivity index (χ4n) is 3.26. The molecule has 1 saturated heterocycles. The van der Waals surface area contributed by atoms with E-state index in [2.05, 4.69) is 22.5 Å². The van der Waals surface area contributed by atoms with E-state index in [0.29, 0.717) is 10.7 Å². The van der Waals surface area contributed by atoms with Crippen LogP contribution in [0.2, 0.25) is 0 Å². The normalized spacial score (nSPS) is 17.8. The second kappa shape index (κ2) is 9.73. The molecular formula is C19H29N3O2S. The maximum Gasteiger partial charge on any atom is 0.338 e. The zero-order valence-electron chi connectivity index (χ0n) is 15.4. The average molecular weight is 364 g/mol. The maximum atomic E-state index is 11.8. The Hall–Kier alpha value is -1.66. The summed E-state index contributed by atoms with van der Waals surface area (Å²) in [5.74, 6) is 0.477. The third kappa shape index (κ3) is 5.97. The molecule has 5 nitrogen and oxygen atoms in total. The average Bonchev–Trinajstić information content (AvgIpc) is 2.60. The third-order valence-corrected chi connectivity index (χ3v) is 4.91. The number of carbonyl (C=O) groups is 1. The van der Waals surface area contributed by atoms with E-state index in [1.807, 2.05) is 19.1 Å². The van der Waals surface area contributed by atoms with Crippen molar-refractivity contribution in [3.8, 4) is 0 Å². The molecule has 2 N–H and O–H groups in total. The Morgan fingerprint density at radius 3 is 2.96 bits per heavy atom. The van der Waals surface area contributed by atoms with Crippen molar-refractivity contribution in [1.82, 2.24) is 10.2 Å². The number of likely N-dealkylation sites (tertiary alicyclic amines) is 1. The number of benzene rings is 1. The molecule has 1 heterocycles. The van der Waals surface area contributed by atoms with Gasteiger partial charge in [0.25, 0.3) is 0 Å². The number of thiocarbonyl (C=S) groups is 1. The van der Waals surface area contributed by atoms with E-state index in [4.69, 9.17) is 17.0 Å². The molecule has 0 aromatic heterocycles. The highest BCUT2D eigenvalue weighted by Gasteiger charge is 2.15. The number of ether oxygens (including phenoxy) is 1. The molecule has 138 valence electrons. The van der Waals surface area contributed by atoms with E-state index in [1.165, 1.54) is 33.0 Å². The molecule has 6 heteroatoms. The van der Waals surface area contributed by atoms with Crippen molar-refractivity contribution in [1.29, 1.82) is 0 Å². The number of anilines is 1. The van der Waals surface area contributed by atoms with Gasteiger partial charge >= 0.3 is 5.97 Å². The summed E-state index contributed by atoms with van der Waals surface area (Å²) in [5, 5.41) is 7.00. The van der Waals surface area contributed by atoms with Crippen LogP contribution in [0, 0.1) is 12.8 Å². The zero-order chi connectivity index (χ0) is 18.2. The predicted octanol–water partition coefficient (Wildman–Crippen LogP) is 3.19. The highest BCUT2D eigenvalue weighted by Crippen LogP contribution is 2.19. The van der Waals surface area contributed by atoms with E-state index >= 15 is 0 Å². The molecule has 0 bridgehead atoms. The number of esters is 1. The maximum absolute atomic E-state index is 11.8. The molecule has 25 heavy (non-hydrogen) atoms. The Balaban J connectivity index is 1.76. The molecule has 0 radical (unpaired) electrons. The summed E-state index contributed by atoms with van der Waals surface area (Å²) in [6.07, 6.45) is 3.73. The molecule has 1 aromatic carbocycles. The lowest BCUT2D eigenvalue weighted by Gasteiger charge is -2.30. The first-order valence-corrected chi connectivity index (χ1v) is 9.37. The van der Waals surface area contributed by atoms with Gasteiger partial charge in [-0.25, -0.2) is 4.79 Å². The number of methoxy groups -OCH3 is 1. The number of piperidine rings is 1. The third-order valence-electron chi connectivity index (χ3n) is 4.67. The minimum atomic E-state index is -0.337. The first kappa shape index (κ1) is 19.7. The Bertz CT molecular complexity index is 606. The van der Waals surface area contributed by atoms with Crippen LogP contribution in [0.25, 0.3) is 0 Å². The number of hydrogen-bond acceptors (Lipinski definition) is 4. The number of carbonyl (C=O) groups excluding carboxylic acids is 1. The quantitative estimate of drug-likeness (QED) is 0.460. The lowest BCUT2D eigenvalue weighted by Crippen LogP contribution is -2.37. The van der Waals surface area contributed by atoms with E-state index in [1.54, 1.807) is 6.07 Å². The number of hydrogen-bond donors (Lipinski definition) is 2. The van der Waals surface area contributed by atoms with Crippen molar-refractivity contribution < 1.29 is 9.53 Å². The van der Waals surface area contributed by atoms with Gasteiger partial charge in [0.05, 0.1) is 12.7 Å². The Morgan fingerprint density at radius 1 is 1.44 bits per heavy atom. The molecule has 0 spiro atoms. The van der Waals surface area contributed by atoms with Crippen molar-refractivity contribution in [2.75, 3.05) is 38.6 Å². The fourth-order valence-corrected chi connectivity index (χ4v) is 3.48. The van der Waals surface area contributed by atoms with Crippen LogP contribution in [0.5, 0.6) is 0 Å². The standard InChI is InChI=1S/C19H29N3O2S/c1-14-7-5-11-22(13-14)12-6-10-20-19(25)21-17-9-4-8-16(15(17)2)18(23)24-3/h4,8-9,14H,5-7,10-13H2,1-3H3,(H2,20,21,25). The smallest absolute Gasteiger partial charge is 0.338 e. The van der Waals surface area contributed by atoms with Crippen LogP contribution in [0.1, 0.15) is 42.1 Å². The molecule has 1 aliphatic rings. The minimum absolute atomic E-state index is 0.337. The lowest BCUT2D eigenvalue weighted by molar-refractivity contribution is 0.0600. The predicted molar refractivity (Wildman–Crippen MR) is 106 cm³/mol. The minimum Gasteiger partial charge on any atom is -0.465 e. The summed E-state index contributed by atoms with van der Waals surface area (Å²) in [4.78, 5) is 14.3. The van der Waals surface area contributed by atoms with Gasteiger partial charge in [0.2, 0.25) is 0 Å². The molecule has 1 unspecified atom stereocenters. The van der Waals surface area contributed by atoms with Crippen molar-refractivity contribution >= 4 is 29.0 Å². The summed E-state index contributed by atoms with van der Waals surface area (Å²) >= 11 is 5.37. The number of nitrogens with one attached hydrogen (secondary N) is 2. The molecule has 0 saturated carbocycles. The fraction of sp³-hybridized carbons (Fsp3) is 0.579. The Morgan fingerprint density at radius 2 is 2.24 bits per heavy atom. The van der Waals surface area contributed by atoms with Gasteiger partial charge in [0, 0.05) is 18.8 Å². The summed E-state index contributed by atoms with van der Waals surface area (Å²) in [6, 6.07) is 5.48. The van der Waals surface area contributed by atoms with Crippen molar-refractivity contribution in [2.45, 2.75) is 33.1 Å². The van der Waals surface area contributed by atoms with Gasteiger partial charge in [-0.1, -0.05) is 13.0 Å². The molecular weight excluding hydrogens is 334 g/mol. The van der Waals surface area contributed by atoms with E-state index in [-0.39, 0.29) is 5.97 Å². The number of rotatable bonds is 6. The second-order valence-electron chi connectivity index (χ2n) is 6.75. The zero-order valence-corrected chi connectivity index (χ0v) is 16.2. The molecule has 2 rings (SSSR count). The van der Waals surface area contributed by atoms with Crippen LogP contribution in [0.15, 0.2) is 18.2 Å². The highest BCUT2D eigenvalue weighted by atomic mass is 32.1. The molecule has 1 aromatic rings. The Labute approximate surface area is 156 Å². The van der Waals surface area contributed by atoms with Crippen molar-refractivity contribution in [2.24, 2.45) is 5.92 Å². The van der Waals surface area contributed by atoms with Crippen LogP contribution in [-0.4, -0.2) is 49.3 Å². The number of nitrogens with zero attached hydrogens (tertiary/aromatic N) is 1. The molecule has 1 aliphatic heterocycles. The van der Waals surface area contributed by atoms with E-state index < -0.39 is 0 Å². The van der Waals surface area contributed by atoms with Gasteiger partial charge in [-0.2, -0.15) is 0 Å². The first-order valence-electron chi connectivity index (χ1n) is 8.96. The lowest BCUT2D eigenvalue weighted by atomic mass is 10.0. The summed E-state index contributed by atoms with van der Waals surface area (Å²) < 4.78 is 4.80. The second-order valence-corrected chi connectivity index (χ2v) is 7.16. The van der Waals surface area contributed by atoms with Crippen LogP contribution in [-0.2, 0) is 4.74 Å². The van der Waals surface area contributed by atoms with Gasteiger partial charge in [-0.05, 0) is 75.1 Å². The molecule has 0 aliphatic carbocycles. The molecule has 0 amide bonds. The van der Waals surface area contributed by atoms with Gasteiger partial charge < -0.3 is 20.3 Å². The SMILES string of the molecule is COC(=O)c1cccc(NC(=S)NCCCN2CCCC(C)C2)c1C. The van der Waals surface area contributed by atoms with E-state index in [9.17, 15) is 4.79 Å². The van der Waals surface area contributed by atoms with Gasteiger partial charge in [-0.3, -0.25) is 0 Å². The summed E-state index contributed by atoms with van der Waals surface area (Å²) in [5.41, 5.74) is 2.21. The van der Waals surface area contributed by atoms with Gasteiger partial charge in [0.1, 0.15) is 0 Å². The topological polar surface area (TPSA) is 53.6 Å². The van der Waals surface area contributed by atoms with Gasteiger partial charge in [-0.15, -0.1) is 0 Å². The van der Waals surface area contributed by atoms with Crippen LogP contribution in [0.4, 0.5) is 5.69 Å². The van der Waals surface area contributed by atoms with Crippen molar-refractivity contribution in [3.63, 3.8) is 0 Å². The van der Waals surface area contributed by atoms with Crippen LogP contribution in [0.3, 0.4) is 0 Å². The summed E-state index contributed by atoms with van der Waals surface area (Å²) in [6.45, 7) is 8.58. The van der Waals surface area contributed by atoms with E-state index in [0.717, 1.165) is 36.7 Å². The molecule has 1 atom stereocenters. The first-order chi connectivity index (χ1) is 12.0. The van der Waals surface area contributed by atoms with Gasteiger partial charge in [0.15, 0.2) is 5.11 Å². The monoisotopic (exact) mass is 363 g/mol. The molecule has 1 fully saturated rings. The largest absolute Gasteiger partial charge is 0.465 e. The van der Waals surface area contributed by atoms with Crippen LogP contribution < -0.4 is 10.6 Å². The van der Waals surface area contributed by atoms with Crippen molar-refractivity contribution in [3.05, 3.63) is 29.3 Å².